The van der Waals surface area contributed by atoms with E-state index in [9.17, 15) is 0 Å². The standard InChI is InChI=1S/C11H23N/c1-9(2)7-12-8-10(3)11(4,5)6/h10,12H,1,7-8H2,2-6H3. The van der Waals surface area contributed by atoms with Crippen LogP contribution in [0, 0.1) is 11.3 Å². The van der Waals surface area contributed by atoms with Gasteiger partial charge in [0.2, 0.25) is 0 Å². The molecule has 72 valence electrons. The van der Waals surface area contributed by atoms with Gasteiger partial charge in [0.15, 0.2) is 0 Å². The van der Waals surface area contributed by atoms with E-state index in [1.165, 1.54) is 5.57 Å². The maximum Gasteiger partial charge on any atom is 0.0159 e. The summed E-state index contributed by atoms with van der Waals surface area (Å²) >= 11 is 0. The second-order valence-corrected chi connectivity index (χ2v) is 4.86. The number of hydrogen-bond donors (Lipinski definition) is 1. The van der Waals surface area contributed by atoms with E-state index in [2.05, 4.69) is 46.5 Å². The van der Waals surface area contributed by atoms with Gasteiger partial charge in [-0.15, -0.1) is 0 Å². The highest BCUT2D eigenvalue weighted by Gasteiger charge is 2.18. The predicted octanol–water partition coefficient (Wildman–Crippen LogP) is 2.83. The van der Waals surface area contributed by atoms with Crippen molar-refractivity contribution < 1.29 is 0 Å². The Balaban J connectivity index is 3.58. The van der Waals surface area contributed by atoms with Crippen molar-refractivity contribution in [3.63, 3.8) is 0 Å². The summed E-state index contributed by atoms with van der Waals surface area (Å²) in [5.41, 5.74) is 1.61. The van der Waals surface area contributed by atoms with Gasteiger partial charge in [-0.3, -0.25) is 0 Å². The van der Waals surface area contributed by atoms with Gasteiger partial charge in [0, 0.05) is 6.54 Å². The van der Waals surface area contributed by atoms with Crippen molar-refractivity contribution in [3.8, 4) is 0 Å². The second-order valence-electron chi connectivity index (χ2n) is 4.86. The van der Waals surface area contributed by atoms with Crippen LogP contribution in [-0.4, -0.2) is 13.1 Å². The van der Waals surface area contributed by atoms with Crippen LogP contribution in [0.3, 0.4) is 0 Å². The fourth-order valence-corrected chi connectivity index (χ4v) is 0.808. The molecule has 0 heterocycles. The fourth-order valence-electron chi connectivity index (χ4n) is 0.808. The molecule has 0 aliphatic heterocycles. The molecule has 0 aromatic rings. The zero-order valence-electron chi connectivity index (χ0n) is 9.20. The van der Waals surface area contributed by atoms with E-state index in [0.717, 1.165) is 13.1 Å². The van der Waals surface area contributed by atoms with Crippen LogP contribution >= 0.6 is 0 Å². The van der Waals surface area contributed by atoms with E-state index in [1.807, 2.05) is 0 Å². The van der Waals surface area contributed by atoms with Crippen molar-refractivity contribution in [1.29, 1.82) is 0 Å². The Bertz CT molecular complexity index is 142. The first kappa shape index (κ1) is 11.7. The van der Waals surface area contributed by atoms with Crippen LogP contribution in [-0.2, 0) is 0 Å². The summed E-state index contributed by atoms with van der Waals surface area (Å²) in [6, 6.07) is 0. The van der Waals surface area contributed by atoms with Gasteiger partial charge in [-0.2, -0.15) is 0 Å². The maximum atomic E-state index is 3.85. The molecule has 0 amide bonds. The number of hydrogen-bond acceptors (Lipinski definition) is 1. The van der Waals surface area contributed by atoms with E-state index in [1.54, 1.807) is 0 Å². The van der Waals surface area contributed by atoms with Crippen LogP contribution in [0.25, 0.3) is 0 Å². The van der Waals surface area contributed by atoms with Crippen molar-refractivity contribution in [2.45, 2.75) is 34.6 Å². The zero-order chi connectivity index (χ0) is 9.78. The lowest BCUT2D eigenvalue weighted by Crippen LogP contribution is -2.30. The highest BCUT2D eigenvalue weighted by molar-refractivity contribution is 4.90. The zero-order valence-corrected chi connectivity index (χ0v) is 9.20. The lowest BCUT2D eigenvalue weighted by atomic mass is 9.82. The minimum absolute atomic E-state index is 0.405. The SMILES string of the molecule is C=C(C)CNCC(C)C(C)(C)C. The highest BCUT2D eigenvalue weighted by Crippen LogP contribution is 2.24. The van der Waals surface area contributed by atoms with Gasteiger partial charge < -0.3 is 5.32 Å². The summed E-state index contributed by atoms with van der Waals surface area (Å²) in [6.07, 6.45) is 0. The molecule has 0 rings (SSSR count). The van der Waals surface area contributed by atoms with Gasteiger partial charge >= 0.3 is 0 Å². The van der Waals surface area contributed by atoms with Gasteiger partial charge in [0.1, 0.15) is 0 Å². The van der Waals surface area contributed by atoms with Crippen LogP contribution in [0.5, 0.6) is 0 Å². The molecule has 0 spiro atoms. The van der Waals surface area contributed by atoms with Crippen molar-refractivity contribution in [2.75, 3.05) is 13.1 Å². The van der Waals surface area contributed by atoms with E-state index >= 15 is 0 Å². The topological polar surface area (TPSA) is 12.0 Å². The van der Waals surface area contributed by atoms with Crippen LogP contribution in [0.15, 0.2) is 12.2 Å². The summed E-state index contributed by atoms with van der Waals surface area (Å²) in [5, 5.41) is 3.39. The average Bonchev–Trinajstić information content (AvgIpc) is 1.84. The molecule has 12 heavy (non-hydrogen) atoms. The van der Waals surface area contributed by atoms with Gasteiger partial charge in [-0.25, -0.2) is 0 Å². The van der Waals surface area contributed by atoms with Crippen LogP contribution < -0.4 is 5.32 Å². The molecule has 0 aromatic heterocycles. The molecule has 0 aromatic carbocycles. The Labute approximate surface area is 77.2 Å². The molecule has 0 radical (unpaired) electrons. The largest absolute Gasteiger partial charge is 0.313 e. The number of nitrogens with one attached hydrogen (secondary N) is 1. The Morgan fingerprint density at radius 1 is 1.42 bits per heavy atom. The van der Waals surface area contributed by atoms with E-state index in [4.69, 9.17) is 0 Å². The minimum Gasteiger partial charge on any atom is -0.313 e. The fraction of sp³-hybridized carbons (Fsp3) is 0.818. The molecule has 0 aliphatic carbocycles. The third kappa shape index (κ3) is 5.36. The average molecular weight is 169 g/mol. The third-order valence-electron chi connectivity index (χ3n) is 2.36. The van der Waals surface area contributed by atoms with Crippen molar-refractivity contribution in [1.82, 2.24) is 5.32 Å². The molecule has 1 N–H and O–H groups in total. The lowest BCUT2D eigenvalue weighted by Gasteiger charge is -2.27. The Morgan fingerprint density at radius 3 is 2.25 bits per heavy atom. The molecular weight excluding hydrogens is 146 g/mol. The van der Waals surface area contributed by atoms with Crippen LogP contribution in [0.4, 0.5) is 0 Å². The van der Waals surface area contributed by atoms with E-state index in [0.29, 0.717) is 11.3 Å². The molecule has 0 saturated heterocycles. The van der Waals surface area contributed by atoms with Gasteiger partial charge in [-0.1, -0.05) is 39.8 Å². The Morgan fingerprint density at radius 2 is 1.92 bits per heavy atom. The monoisotopic (exact) mass is 169 g/mol. The maximum absolute atomic E-state index is 3.85. The summed E-state index contributed by atoms with van der Waals surface area (Å²) in [5.74, 6) is 0.705. The first-order valence-corrected chi connectivity index (χ1v) is 4.69. The van der Waals surface area contributed by atoms with E-state index < -0.39 is 0 Å². The van der Waals surface area contributed by atoms with Crippen molar-refractivity contribution in [3.05, 3.63) is 12.2 Å². The molecule has 1 unspecified atom stereocenters. The molecule has 1 nitrogen and oxygen atoms in total. The quantitative estimate of drug-likeness (QED) is 0.638. The van der Waals surface area contributed by atoms with Crippen molar-refractivity contribution in [2.24, 2.45) is 11.3 Å². The van der Waals surface area contributed by atoms with Crippen LogP contribution in [0.1, 0.15) is 34.6 Å². The van der Waals surface area contributed by atoms with E-state index in [-0.39, 0.29) is 0 Å². The minimum atomic E-state index is 0.405. The summed E-state index contributed by atoms with van der Waals surface area (Å²) in [4.78, 5) is 0. The lowest BCUT2D eigenvalue weighted by molar-refractivity contribution is 0.255. The number of rotatable bonds is 4. The molecule has 1 atom stereocenters. The van der Waals surface area contributed by atoms with Crippen LogP contribution in [0.2, 0.25) is 0 Å². The Kier molecular flexibility index (Phi) is 4.54. The van der Waals surface area contributed by atoms with Gasteiger partial charge in [0.05, 0.1) is 0 Å². The predicted molar refractivity (Wildman–Crippen MR) is 56.3 cm³/mol. The third-order valence-corrected chi connectivity index (χ3v) is 2.36. The first-order valence-electron chi connectivity index (χ1n) is 4.69. The van der Waals surface area contributed by atoms with Gasteiger partial charge in [0.25, 0.3) is 0 Å². The van der Waals surface area contributed by atoms with Crippen molar-refractivity contribution >= 4 is 0 Å². The normalized spacial score (nSPS) is 14.4. The smallest absolute Gasteiger partial charge is 0.0159 e. The summed E-state index contributed by atoms with van der Waals surface area (Å²) < 4.78 is 0. The molecule has 1 heteroatoms. The Hall–Kier alpha value is -0.300. The second kappa shape index (κ2) is 4.66. The first-order chi connectivity index (χ1) is 5.34. The molecule has 0 bridgehead atoms. The highest BCUT2D eigenvalue weighted by atomic mass is 14.9. The summed E-state index contributed by atoms with van der Waals surface area (Å²) in [7, 11) is 0. The molecular formula is C11H23N. The van der Waals surface area contributed by atoms with Gasteiger partial charge in [-0.05, 0) is 24.8 Å². The molecule has 0 aliphatic rings. The molecule has 0 saturated carbocycles. The molecule has 0 fully saturated rings. The summed E-state index contributed by atoms with van der Waals surface area (Å²) in [6.45, 7) is 17.0.